The molecular formula is C19H15ClFN5O. The number of aryl methyl sites for hydroxylation is 1. The van der Waals surface area contributed by atoms with Crippen LogP contribution < -0.4 is 10.9 Å². The number of rotatable bonds is 4. The fourth-order valence-corrected chi connectivity index (χ4v) is 3.13. The highest BCUT2D eigenvalue weighted by atomic mass is 35.5. The first kappa shape index (κ1) is 17.2. The predicted octanol–water partition coefficient (Wildman–Crippen LogP) is 3.52. The lowest BCUT2D eigenvalue weighted by Crippen LogP contribution is -2.21. The Hall–Kier alpha value is -3.19. The third-order valence-corrected chi connectivity index (χ3v) is 4.58. The van der Waals surface area contributed by atoms with Gasteiger partial charge < -0.3 is 5.32 Å². The van der Waals surface area contributed by atoms with Crippen LogP contribution in [0.15, 0.2) is 59.5 Å². The molecule has 0 saturated carbocycles. The number of hydrogen-bond acceptors (Lipinski definition) is 4. The minimum absolute atomic E-state index is 0.0564. The van der Waals surface area contributed by atoms with Gasteiger partial charge in [0.05, 0.1) is 29.5 Å². The van der Waals surface area contributed by atoms with Crippen LogP contribution in [0, 0.1) is 5.82 Å². The van der Waals surface area contributed by atoms with E-state index >= 15 is 0 Å². The van der Waals surface area contributed by atoms with Crippen LogP contribution in [0.3, 0.4) is 0 Å². The number of nitrogens with zero attached hydrogens (tertiary/aromatic N) is 4. The van der Waals surface area contributed by atoms with Crippen LogP contribution in [0.5, 0.6) is 0 Å². The summed E-state index contributed by atoms with van der Waals surface area (Å²) in [5, 5.41) is 7.12. The summed E-state index contributed by atoms with van der Waals surface area (Å²) in [6.07, 6.45) is 1.49. The Kier molecular flexibility index (Phi) is 4.37. The number of benzene rings is 2. The molecule has 136 valence electrons. The summed E-state index contributed by atoms with van der Waals surface area (Å²) in [6, 6.07) is 14.0. The molecule has 0 bridgehead atoms. The van der Waals surface area contributed by atoms with Gasteiger partial charge in [0, 0.05) is 18.8 Å². The molecule has 8 heteroatoms. The Bertz CT molecular complexity index is 1190. The van der Waals surface area contributed by atoms with Gasteiger partial charge in [-0.15, -0.1) is 0 Å². The average molecular weight is 384 g/mol. The van der Waals surface area contributed by atoms with Crippen molar-refractivity contribution >= 4 is 28.3 Å². The molecule has 0 atom stereocenters. The predicted molar refractivity (Wildman–Crippen MR) is 103 cm³/mol. The summed E-state index contributed by atoms with van der Waals surface area (Å²) in [6.45, 7) is 0.278. The fourth-order valence-electron chi connectivity index (χ4n) is 2.89. The van der Waals surface area contributed by atoms with E-state index in [0.29, 0.717) is 22.5 Å². The van der Waals surface area contributed by atoms with Crippen LogP contribution in [0.2, 0.25) is 5.02 Å². The lowest BCUT2D eigenvalue weighted by Gasteiger charge is -2.11. The molecule has 0 radical (unpaired) electrons. The summed E-state index contributed by atoms with van der Waals surface area (Å²) in [5.41, 5.74) is 2.21. The van der Waals surface area contributed by atoms with Crippen LogP contribution in [0.25, 0.3) is 16.7 Å². The van der Waals surface area contributed by atoms with Crippen LogP contribution in [-0.4, -0.2) is 19.3 Å². The maximum atomic E-state index is 13.8. The third kappa shape index (κ3) is 3.17. The monoisotopic (exact) mass is 383 g/mol. The normalized spacial score (nSPS) is 11.1. The molecule has 0 saturated heterocycles. The molecule has 27 heavy (non-hydrogen) atoms. The van der Waals surface area contributed by atoms with Gasteiger partial charge in [-0.05, 0) is 24.3 Å². The van der Waals surface area contributed by atoms with Crippen molar-refractivity contribution in [2.24, 2.45) is 7.05 Å². The molecule has 2 aromatic heterocycles. The first-order valence-corrected chi connectivity index (χ1v) is 8.60. The van der Waals surface area contributed by atoms with E-state index in [1.54, 1.807) is 6.07 Å². The van der Waals surface area contributed by atoms with Crippen molar-refractivity contribution < 1.29 is 4.39 Å². The number of halogens is 2. The Morgan fingerprint density at radius 2 is 1.96 bits per heavy atom. The second kappa shape index (κ2) is 6.85. The van der Waals surface area contributed by atoms with E-state index in [1.165, 1.54) is 25.4 Å². The molecule has 0 amide bonds. The van der Waals surface area contributed by atoms with Crippen LogP contribution >= 0.6 is 11.6 Å². The number of anilines is 1. The molecule has 0 fully saturated rings. The second-order valence-corrected chi connectivity index (χ2v) is 6.36. The van der Waals surface area contributed by atoms with Gasteiger partial charge in [0.15, 0.2) is 0 Å². The van der Waals surface area contributed by atoms with Gasteiger partial charge in [0.25, 0.3) is 5.56 Å². The zero-order chi connectivity index (χ0) is 19.0. The number of fused-ring (bicyclic) bond motifs is 1. The summed E-state index contributed by atoms with van der Waals surface area (Å²) in [5.74, 6) is 0.316. The minimum Gasteiger partial charge on any atom is -0.375 e. The largest absolute Gasteiger partial charge is 0.375 e. The molecule has 0 aliphatic carbocycles. The Morgan fingerprint density at radius 1 is 1.19 bits per heavy atom. The molecule has 0 aliphatic heterocycles. The smallest absolute Gasteiger partial charge is 0.287 e. The van der Waals surface area contributed by atoms with Crippen molar-refractivity contribution in [2.75, 3.05) is 5.32 Å². The van der Waals surface area contributed by atoms with Crippen molar-refractivity contribution in [3.05, 3.63) is 81.7 Å². The van der Waals surface area contributed by atoms with E-state index in [-0.39, 0.29) is 22.9 Å². The van der Waals surface area contributed by atoms with Crippen LogP contribution in [0.4, 0.5) is 10.1 Å². The van der Waals surface area contributed by atoms with Gasteiger partial charge in [0.1, 0.15) is 16.7 Å². The second-order valence-electron chi connectivity index (χ2n) is 5.99. The van der Waals surface area contributed by atoms with Crippen molar-refractivity contribution in [3.8, 4) is 5.69 Å². The summed E-state index contributed by atoms with van der Waals surface area (Å²) in [4.78, 5) is 16.5. The van der Waals surface area contributed by atoms with Crippen molar-refractivity contribution in [3.63, 3.8) is 0 Å². The lowest BCUT2D eigenvalue weighted by molar-refractivity contribution is 0.629. The maximum Gasteiger partial charge on any atom is 0.287 e. The third-order valence-electron chi connectivity index (χ3n) is 4.22. The zero-order valence-electron chi connectivity index (χ0n) is 14.4. The number of para-hydroxylation sites is 1. The first-order chi connectivity index (χ1) is 13.0. The van der Waals surface area contributed by atoms with E-state index in [9.17, 15) is 9.18 Å². The topological polar surface area (TPSA) is 64.7 Å². The van der Waals surface area contributed by atoms with Gasteiger partial charge in [-0.3, -0.25) is 9.36 Å². The van der Waals surface area contributed by atoms with Gasteiger partial charge in [-0.2, -0.15) is 5.10 Å². The standard InChI is InChI=1S/C19H15ClFN5O/c1-25-19(27)18(20)15(10-23-25)22-11-17-24-14-8-7-12(21)9-16(14)26(17)13-5-3-2-4-6-13/h2-10,22H,11H2,1H3. The summed E-state index contributed by atoms with van der Waals surface area (Å²) in [7, 11) is 1.53. The number of nitrogens with one attached hydrogen (secondary N) is 1. The fraction of sp³-hybridized carbons (Fsp3) is 0.105. The molecule has 1 N–H and O–H groups in total. The van der Waals surface area contributed by atoms with Crippen LogP contribution in [-0.2, 0) is 13.6 Å². The minimum atomic E-state index is -0.389. The Morgan fingerprint density at radius 3 is 2.74 bits per heavy atom. The quantitative estimate of drug-likeness (QED) is 0.585. The highest BCUT2D eigenvalue weighted by Crippen LogP contribution is 2.24. The van der Waals surface area contributed by atoms with Gasteiger partial charge in [-0.1, -0.05) is 29.8 Å². The molecule has 2 heterocycles. The van der Waals surface area contributed by atoms with Crippen LogP contribution in [0.1, 0.15) is 5.82 Å². The molecule has 6 nitrogen and oxygen atoms in total. The van der Waals surface area contributed by atoms with Gasteiger partial charge >= 0.3 is 0 Å². The summed E-state index contributed by atoms with van der Waals surface area (Å²) >= 11 is 6.11. The lowest BCUT2D eigenvalue weighted by atomic mass is 10.2. The molecular weight excluding hydrogens is 369 g/mol. The molecule has 2 aromatic carbocycles. The van der Waals surface area contributed by atoms with Crippen molar-refractivity contribution in [1.82, 2.24) is 19.3 Å². The first-order valence-electron chi connectivity index (χ1n) is 8.22. The number of aromatic nitrogens is 4. The van der Waals surface area contributed by atoms with Gasteiger partial charge in [-0.25, -0.2) is 14.1 Å². The Balaban J connectivity index is 1.78. The highest BCUT2D eigenvalue weighted by Gasteiger charge is 2.14. The van der Waals surface area contributed by atoms with E-state index in [4.69, 9.17) is 11.6 Å². The molecule has 4 rings (SSSR count). The van der Waals surface area contributed by atoms with Crippen molar-refractivity contribution in [2.45, 2.75) is 6.54 Å². The van der Waals surface area contributed by atoms with E-state index in [0.717, 1.165) is 10.4 Å². The number of hydrogen-bond donors (Lipinski definition) is 1. The maximum absolute atomic E-state index is 13.8. The number of imidazole rings is 1. The van der Waals surface area contributed by atoms with E-state index in [2.05, 4.69) is 15.4 Å². The molecule has 4 aromatic rings. The average Bonchev–Trinajstić information content (AvgIpc) is 3.03. The molecule has 0 aliphatic rings. The molecule has 0 unspecified atom stereocenters. The van der Waals surface area contributed by atoms with E-state index < -0.39 is 0 Å². The van der Waals surface area contributed by atoms with Crippen molar-refractivity contribution in [1.29, 1.82) is 0 Å². The van der Waals surface area contributed by atoms with Gasteiger partial charge in [0.2, 0.25) is 0 Å². The zero-order valence-corrected chi connectivity index (χ0v) is 15.1. The summed E-state index contributed by atoms with van der Waals surface area (Å²) < 4.78 is 16.8. The Labute approximate surface area is 158 Å². The van der Waals surface area contributed by atoms with E-state index in [1.807, 2.05) is 34.9 Å². The highest BCUT2D eigenvalue weighted by molar-refractivity contribution is 6.32. The molecule has 0 spiro atoms. The SMILES string of the molecule is Cn1ncc(NCc2nc3ccc(F)cc3n2-c2ccccc2)c(Cl)c1=O.